The first-order valence-corrected chi connectivity index (χ1v) is 9.89. The van der Waals surface area contributed by atoms with E-state index in [2.05, 4.69) is 74.1 Å². The fraction of sp³-hybridized carbons (Fsp3) is 0.435. The molecule has 0 radical (unpaired) electrons. The third kappa shape index (κ3) is 3.93. The zero-order valence-corrected chi connectivity index (χ0v) is 17.7. The monoisotopic (exact) mass is 378 g/mol. The maximum atomic E-state index is 12.1. The van der Waals surface area contributed by atoms with Crippen LogP contribution in [0, 0.1) is 6.92 Å². The molecule has 5 nitrogen and oxygen atoms in total. The second-order valence-electron chi connectivity index (χ2n) is 8.56. The summed E-state index contributed by atoms with van der Waals surface area (Å²) in [5, 5.41) is 4.16. The van der Waals surface area contributed by atoms with Gasteiger partial charge in [0.1, 0.15) is 5.69 Å². The number of carbonyl (C=O) groups excluding carboxylic acids is 1. The van der Waals surface area contributed by atoms with Crippen molar-refractivity contribution in [3.05, 3.63) is 58.9 Å². The third-order valence-corrected chi connectivity index (χ3v) is 5.45. The number of aryl methyl sites for hydroxylation is 1. The number of benzene rings is 1. The van der Waals surface area contributed by atoms with Crippen molar-refractivity contribution in [2.24, 2.45) is 5.10 Å². The van der Waals surface area contributed by atoms with Crippen molar-refractivity contribution in [1.82, 2.24) is 10.4 Å². The van der Waals surface area contributed by atoms with E-state index in [1.165, 1.54) is 11.3 Å². The van der Waals surface area contributed by atoms with Crippen LogP contribution < -0.4 is 10.3 Å². The van der Waals surface area contributed by atoms with Crippen molar-refractivity contribution in [2.75, 3.05) is 4.90 Å². The van der Waals surface area contributed by atoms with Crippen molar-refractivity contribution in [3.8, 4) is 0 Å². The number of anilines is 1. The largest absolute Gasteiger partial charge is 0.364 e. The Hall–Kier alpha value is -2.69. The summed E-state index contributed by atoms with van der Waals surface area (Å²) in [6.07, 6.45) is 4.42. The number of rotatable bonds is 4. The Bertz CT molecular complexity index is 887. The number of nitrogens with zero attached hydrogens (tertiary/aromatic N) is 3. The molecule has 1 N–H and O–H groups in total. The van der Waals surface area contributed by atoms with Crippen LogP contribution in [0.25, 0.3) is 0 Å². The highest BCUT2D eigenvalue weighted by Gasteiger charge is 2.37. The molecule has 0 saturated heterocycles. The fourth-order valence-electron chi connectivity index (χ4n) is 4.45. The number of nitrogens with one attached hydrogen (secondary N) is 1. The summed E-state index contributed by atoms with van der Waals surface area (Å²) in [6, 6.07) is 10.1. The molecule has 1 amide bonds. The van der Waals surface area contributed by atoms with Crippen LogP contribution in [0.4, 0.5) is 5.69 Å². The lowest BCUT2D eigenvalue weighted by Crippen LogP contribution is -2.51. The smallest absolute Gasteiger partial charge is 0.289 e. The molecule has 28 heavy (non-hydrogen) atoms. The highest BCUT2D eigenvalue weighted by molar-refractivity contribution is 5.93. The van der Waals surface area contributed by atoms with Crippen LogP contribution in [-0.2, 0) is 0 Å². The minimum Gasteiger partial charge on any atom is -0.364 e. The van der Waals surface area contributed by atoms with Crippen molar-refractivity contribution >= 4 is 17.8 Å². The molecule has 148 valence electrons. The van der Waals surface area contributed by atoms with Gasteiger partial charge < -0.3 is 4.90 Å². The van der Waals surface area contributed by atoms with E-state index >= 15 is 0 Å². The number of hydrogen-bond donors (Lipinski definition) is 1. The Morgan fingerprint density at radius 1 is 1.36 bits per heavy atom. The molecule has 1 aliphatic heterocycles. The lowest BCUT2D eigenvalue weighted by molar-refractivity contribution is 0.0950. The van der Waals surface area contributed by atoms with E-state index in [-0.39, 0.29) is 11.4 Å². The molecular weight excluding hydrogens is 348 g/mol. The van der Waals surface area contributed by atoms with E-state index in [4.69, 9.17) is 0 Å². The number of carbonyl (C=O) groups is 1. The van der Waals surface area contributed by atoms with E-state index in [1.54, 1.807) is 30.6 Å². The second kappa shape index (κ2) is 7.74. The second-order valence-corrected chi connectivity index (χ2v) is 8.56. The van der Waals surface area contributed by atoms with Gasteiger partial charge in [-0.1, -0.05) is 13.0 Å². The maximum Gasteiger partial charge on any atom is 0.289 e. The molecule has 2 heterocycles. The molecule has 0 spiro atoms. The van der Waals surface area contributed by atoms with Gasteiger partial charge in [0.15, 0.2) is 0 Å². The summed E-state index contributed by atoms with van der Waals surface area (Å²) in [5.74, 6) is 0.157. The first-order chi connectivity index (χ1) is 13.2. The minimum absolute atomic E-state index is 0.124. The molecule has 0 fully saturated rings. The van der Waals surface area contributed by atoms with Crippen molar-refractivity contribution in [3.63, 3.8) is 0 Å². The Morgan fingerprint density at radius 2 is 2.11 bits per heavy atom. The zero-order chi connectivity index (χ0) is 20.5. The summed E-state index contributed by atoms with van der Waals surface area (Å²) < 4.78 is 0. The molecular formula is C23H30N4O. The standard InChI is InChI=1S/C23H30N4O/c1-15(2)27-21-11-16(3)18(12-19(21)17(4)13-23(27,5)6)14-25-26-22(28)20-9-7-8-10-24-20/h7-12,14-15,17H,13H2,1-6H3,(H,26,28)/b25-14-/t17-/m0/s1. The summed E-state index contributed by atoms with van der Waals surface area (Å²) in [7, 11) is 0. The minimum atomic E-state index is -0.312. The van der Waals surface area contributed by atoms with Crippen LogP contribution in [-0.4, -0.2) is 28.7 Å². The van der Waals surface area contributed by atoms with Gasteiger partial charge in [0.2, 0.25) is 0 Å². The summed E-state index contributed by atoms with van der Waals surface area (Å²) in [4.78, 5) is 18.7. The Labute approximate surface area is 167 Å². The maximum absolute atomic E-state index is 12.1. The number of pyridine rings is 1. The van der Waals surface area contributed by atoms with Gasteiger partial charge in [0.05, 0.1) is 6.21 Å². The summed E-state index contributed by atoms with van der Waals surface area (Å²) >= 11 is 0. The third-order valence-electron chi connectivity index (χ3n) is 5.45. The van der Waals surface area contributed by atoms with Crippen LogP contribution in [0.1, 0.15) is 74.1 Å². The molecule has 3 rings (SSSR count). The lowest BCUT2D eigenvalue weighted by Gasteiger charge is -2.50. The molecule has 1 aromatic carbocycles. The number of hydrazone groups is 1. The number of hydrogen-bond acceptors (Lipinski definition) is 4. The van der Waals surface area contributed by atoms with Gasteiger partial charge in [-0.3, -0.25) is 9.78 Å². The predicted molar refractivity (Wildman–Crippen MR) is 115 cm³/mol. The summed E-state index contributed by atoms with van der Waals surface area (Å²) in [5.41, 5.74) is 7.86. The number of fused-ring (bicyclic) bond motifs is 1. The average molecular weight is 379 g/mol. The van der Waals surface area contributed by atoms with Gasteiger partial charge in [-0.2, -0.15) is 5.10 Å². The molecule has 0 saturated carbocycles. The van der Waals surface area contributed by atoms with Crippen LogP contribution in [0.3, 0.4) is 0 Å². The quantitative estimate of drug-likeness (QED) is 0.622. The van der Waals surface area contributed by atoms with Gasteiger partial charge in [-0.05, 0) is 87.9 Å². The van der Waals surface area contributed by atoms with Gasteiger partial charge in [-0.25, -0.2) is 5.43 Å². The van der Waals surface area contributed by atoms with Crippen molar-refractivity contribution in [2.45, 2.75) is 65.5 Å². The number of aromatic nitrogens is 1. The van der Waals surface area contributed by atoms with Crippen LogP contribution in [0.2, 0.25) is 0 Å². The highest BCUT2D eigenvalue weighted by atomic mass is 16.2. The van der Waals surface area contributed by atoms with Gasteiger partial charge in [0, 0.05) is 23.5 Å². The van der Waals surface area contributed by atoms with Gasteiger partial charge in [0.25, 0.3) is 5.91 Å². The predicted octanol–water partition coefficient (Wildman–Crippen LogP) is 4.65. The Kier molecular flexibility index (Phi) is 5.54. The van der Waals surface area contributed by atoms with E-state index in [9.17, 15) is 4.79 Å². The first-order valence-electron chi connectivity index (χ1n) is 9.89. The first kappa shape index (κ1) is 20.1. The van der Waals surface area contributed by atoms with Gasteiger partial charge in [-0.15, -0.1) is 0 Å². The van der Waals surface area contributed by atoms with Crippen molar-refractivity contribution in [1.29, 1.82) is 0 Å². The molecule has 5 heteroatoms. The zero-order valence-electron chi connectivity index (χ0n) is 17.7. The number of amides is 1. The van der Waals surface area contributed by atoms with E-state index < -0.39 is 0 Å². The Morgan fingerprint density at radius 3 is 2.75 bits per heavy atom. The van der Waals surface area contributed by atoms with E-state index in [1.807, 2.05) is 0 Å². The van der Waals surface area contributed by atoms with Crippen LogP contribution >= 0.6 is 0 Å². The van der Waals surface area contributed by atoms with Crippen LogP contribution in [0.15, 0.2) is 41.6 Å². The molecule has 1 atom stereocenters. The Balaban J connectivity index is 1.87. The topological polar surface area (TPSA) is 57.6 Å². The SMILES string of the molecule is Cc1cc2c(cc1/C=N\NC(=O)c1ccccn1)[C@@H](C)CC(C)(C)N2C(C)C. The molecule has 0 unspecified atom stereocenters. The molecule has 0 bridgehead atoms. The van der Waals surface area contributed by atoms with E-state index in [0.29, 0.717) is 17.7 Å². The average Bonchev–Trinajstić information content (AvgIpc) is 2.62. The lowest BCUT2D eigenvalue weighted by atomic mass is 9.78. The highest BCUT2D eigenvalue weighted by Crippen LogP contribution is 2.45. The van der Waals surface area contributed by atoms with Crippen molar-refractivity contribution < 1.29 is 4.79 Å². The molecule has 2 aromatic rings. The van der Waals surface area contributed by atoms with Gasteiger partial charge >= 0.3 is 0 Å². The fourth-order valence-corrected chi connectivity index (χ4v) is 4.45. The molecule has 1 aliphatic rings. The normalized spacial score (nSPS) is 18.4. The summed E-state index contributed by atoms with van der Waals surface area (Å²) in [6.45, 7) is 13.5. The molecule has 0 aliphatic carbocycles. The molecule has 1 aromatic heterocycles. The van der Waals surface area contributed by atoms with Crippen LogP contribution in [0.5, 0.6) is 0 Å². The van der Waals surface area contributed by atoms with E-state index in [0.717, 1.165) is 17.5 Å².